The lowest BCUT2D eigenvalue weighted by Crippen LogP contribution is -2.60. The molecule has 3 aliphatic heterocycles. The lowest BCUT2D eigenvalue weighted by atomic mass is 9.85. The van der Waals surface area contributed by atoms with Crippen molar-refractivity contribution in [2.45, 2.75) is 49.9 Å². The summed E-state index contributed by atoms with van der Waals surface area (Å²) in [6.45, 7) is 2.00. The van der Waals surface area contributed by atoms with E-state index in [0.717, 1.165) is 16.8 Å². The minimum absolute atomic E-state index is 0.0909. The summed E-state index contributed by atoms with van der Waals surface area (Å²) in [4.78, 5) is 46.8. The van der Waals surface area contributed by atoms with E-state index in [0.29, 0.717) is 57.0 Å². The van der Waals surface area contributed by atoms with Gasteiger partial charge in [-0.3, -0.25) is 14.4 Å². The Morgan fingerprint density at radius 1 is 0.976 bits per heavy atom. The molecule has 0 saturated carbocycles. The van der Waals surface area contributed by atoms with Crippen molar-refractivity contribution in [3.63, 3.8) is 0 Å². The number of likely N-dealkylation sites (N-methyl/N-ethyl adjacent to an activating group) is 1. The van der Waals surface area contributed by atoms with Crippen molar-refractivity contribution in [3.8, 4) is 0 Å². The Morgan fingerprint density at radius 2 is 1.64 bits per heavy atom. The summed E-state index contributed by atoms with van der Waals surface area (Å²) in [5, 5.41) is 7.03. The van der Waals surface area contributed by atoms with Crippen LogP contribution in [0.15, 0.2) is 78.9 Å². The first-order valence-electron chi connectivity index (χ1n) is 14.6. The van der Waals surface area contributed by atoms with Crippen molar-refractivity contribution in [1.29, 1.82) is 0 Å². The van der Waals surface area contributed by atoms with Crippen LogP contribution < -0.4 is 15.5 Å². The molecular formula is C33H36ClN5O3. The van der Waals surface area contributed by atoms with Gasteiger partial charge in [-0.15, -0.1) is 0 Å². The van der Waals surface area contributed by atoms with Gasteiger partial charge in [0, 0.05) is 43.8 Å². The monoisotopic (exact) mass is 585 g/mol. The number of carbonyl (C=O) groups excluding carboxylic acids is 3. The van der Waals surface area contributed by atoms with Gasteiger partial charge in [-0.2, -0.15) is 0 Å². The molecule has 3 amide bonds. The molecule has 8 nitrogen and oxygen atoms in total. The Balaban J connectivity index is 1.18. The molecule has 2 fully saturated rings. The van der Waals surface area contributed by atoms with Gasteiger partial charge < -0.3 is 25.3 Å². The van der Waals surface area contributed by atoms with Crippen LogP contribution in [0.4, 0.5) is 5.69 Å². The number of fused-ring (bicyclic) bond motifs is 1. The maximum Gasteiger partial charge on any atom is 0.249 e. The number of rotatable bonds is 6. The number of hydrogen-bond acceptors (Lipinski definition) is 5. The number of nitrogens with one attached hydrogen (secondary N) is 2. The molecule has 0 aliphatic carbocycles. The molecule has 6 rings (SSSR count). The van der Waals surface area contributed by atoms with Gasteiger partial charge in [0.05, 0.1) is 12.7 Å². The summed E-state index contributed by atoms with van der Waals surface area (Å²) in [6, 6.07) is 24.3. The highest BCUT2D eigenvalue weighted by Gasteiger charge is 2.53. The highest BCUT2D eigenvalue weighted by Crippen LogP contribution is 2.39. The largest absolute Gasteiger partial charge is 0.343 e. The maximum atomic E-state index is 14.0. The van der Waals surface area contributed by atoms with E-state index in [1.54, 1.807) is 17.0 Å². The van der Waals surface area contributed by atoms with E-state index in [9.17, 15) is 14.4 Å². The van der Waals surface area contributed by atoms with Crippen molar-refractivity contribution in [1.82, 2.24) is 20.4 Å². The molecule has 2 saturated heterocycles. The quantitative estimate of drug-likeness (QED) is 0.463. The van der Waals surface area contributed by atoms with Gasteiger partial charge in [-0.1, -0.05) is 66.2 Å². The number of amides is 3. The third-order valence-electron chi connectivity index (χ3n) is 8.95. The number of benzene rings is 3. The molecule has 3 heterocycles. The molecule has 2 N–H and O–H groups in total. The number of para-hydroxylation sites is 1. The van der Waals surface area contributed by atoms with E-state index < -0.39 is 17.6 Å². The van der Waals surface area contributed by atoms with Crippen molar-refractivity contribution in [2.24, 2.45) is 0 Å². The fourth-order valence-corrected chi connectivity index (χ4v) is 6.71. The summed E-state index contributed by atoms with van der Waals surface area (Å²) in [7, 11) is 1.83. The standard InChI is InChI=1S/C33H36ClN5O3/c1-37-22-39(27-9-3-2-4-10-27)33(32(37)42)15-17-38(18-16-33)31(41)29(19-23-11-13-26(34)14-12-23)36-30(40)28-20-24-7-5-6-8-25(24)21-35-28/h2-14,28-29,35H,15-22H2,1H3,(H,36,40)/t28-,29-/m1/s1. The van der Waals surface area contributed by atoms with E-state index >= 15 is 0 Å². The molecule has 1 spiro atoms. The highest BCUT2D eigenvalue weighted by atomic mass is 35.5. The molecular weight excluding hydrogens is 550 g/mol. The molecule has 2 atom stereocenters. The van der Waals surface area contributed by atoms with E-state index in [4.69, 9.17) is 11.6 Å². The third-order valence-corrected chi connectivity index (χ3v) is 9.20. The Morgan fingerprint density at radius 3 is 2.36 bits per heavy atom. The van der Waals surface area contributed by atoms with Crippen LogP contribution in [0.2, 0.25) is 5.02 Å². The molecule has 3 aromatic rings. The van der Waals surface area contributed by atoms with E-state index in [1.165, 1.54) is 5.56 Å². The van der Waals surface area contributed by atoms with Gasteiger partial charge >= 0.3 is 0 Å². The van der Waals surface area contributed by atoms with Crippen LogP contribution in [0.3, 0.4) is 0 Å². The lowest BCUT2D eigenvalue weighted by Gasteiger charge is -2.44. The second-order valence-electron chi connectivity index (χ2n) is 11.6. The number of carbonyl (C=O) groups is 3. The SMILES string of the molecule is CN1CN(c2ccccc2)C2(CCN(C(=O)[C@@H](Cc3ccc(Cl)cc3)NC(=O)[C@H]3Cc4ccccc4CN3)CC2)C1=O. The van der Waals surface area contributed by atoms with Crippen molar-refractivity contribution < 1.29 is 14.4 Å². The summed E-state index contributed by atoms with van der Waals surface area (Å²) in [5.41, 5.74) is 3.57. The molecule has 42 heavy (non-hydrogen) atoms. The number of hydrogen-bond donors (Lipinski definition) is 2. The maximum absolute atomic E-state index is 14.0. The van der Waals surface area contributed by atoms with Crippen molar-refractivity contribution >= 4 is 35.0 Å². The Kier molecular flexibility index (Phi) is 7.92. The zero-order valence-corrected chi connectivity index (χ0v) is 24.5. The Bertz CT molecular complexity index is 1460. The smallest absolute Gasteiger partial charge is 0.249 e. The van der Waals surface area contributed by atoms with Gasteiger partial charge in [0.2, 0.25) is 17.7 Å². The summed E-state index contributed by atoms with van der Waals surface area (Å²) < 4.78 is 0. The molecule has 9 heteroatoms. The third kappa shape index (κ3) is 5.49. The van der Waals surface area contributed by atoms with E-state index in [2.05, 4.69) is 27.7 Å². The predicted molar refractivity (Wildman–Crippen MR) is 163 cm³/mol. The van der Waals surface area contributed by atoms with Gasteiger partial charge in [0.1, 0.15) is 11.6 Å². The topological polar surface area (TPSA) is 85.0 Å². The average molecular weight is 586 g/mol. The highest BCUT2D eigenvalue weighted by molar-refractivity contribution is 6.30. The lowest BCUT2D eigenvalue weighted by molar-refractivity contribution is -0.140. The fourth-order valence-electron chi connectivity index (χ4n) is 6.59. The molecule has 0 radical (unpaired) electrons. The molecule has 218 valence electrons. The second kappa shape index (κ2) is 11.8. The van der Waals surface area contributed by atoms with Gasteiger partial charge in [0.25, 0.3) is 0 Å². The second-order valence-corrected chi connectivity index (χ2v) is 12.0. The van der Waals surface area contributed by atoms with Gasteiger partial charge in [-0.05, 0) is 60.2 Å². The summed E-state index contributed by atoms with van der Waals surface area (Å²) in [5.74, 6) is -0.226. The fraction of sp³-hybridized carbons (Fsp3) is 0.364. The van der Waals surface area contributed by atoms with Crippen LogP contribution in [0.1, 0.15) is 29.5 Å². The van der Waals surface area contributed by atoms with Crippen LogP contribution in [0.25, 0.3) is 0 Å². The van der Waals surface area contributed by atoms with Crippen LogP contribution in [0.5, 0.6) is 0 Å². The minimum atomic E-state index is -0.737. The van der Waals surface area contributed by atoms with Crippen LogP contribution >= 0.6 is 11.6 Å². The number of halogens is 1. The predicted octanol–water partition coefficient (Wildman–Crippen LogP) is 3.38. The normalized spacial score (nSPS) is 20.4. The van der Waals surface area contributed by atoms with Gasteiger partial charge in [0.15, 0.2) is 0 Å². The average Bonchev–Trinajstić information content (AvgIpc) is 3.26. The number of likely N-dealkylation sites (tertiary alicyclic amines) is 1. The van der Waals surface area contributed by atoms with E-state index in [-0.39, 0.29) is 17.7 Å². The number of anilines is 1. The number of nitrogens with zero attached hydrogens (tertiary/aromatic N) is 3. The Hall–Kier alpha value is -3.88. The first kappa shape index (κ1) is 28.2. The van der Waals surface area contributed by atoms with Gasteiger partial charge in [-0.25, -0.2) is 0 Å². The van der Waals surface area contributed by atoms with Crippen molar-refractivity contribution in [3.05, 3.63) is 101 Å². The first-order chi connectivity index (χ1) is 20.3. The van der Waals surface area contributed by atoms with E-state index in [1.807, 2.05) is 66.5 Å². The molecule has 0 unspecified atom stereocenters. The summed E-state index contributed by atoms with van der Waals surface area (Å²) in [6.07, 6.45) is 1.98. The summed E-state index contributed by atoms with van der Waals surface area (Å²) >= 11 is 6.11. The van der Waals surface area contributed by atoms with Crippen LogP contribution in [-0.4, -0.2) is 71.9 Å². The number of piperidine rings is 1. The molecule has 3 aliphatic rings. The zero-order valence-electron chi connectivity index (χ0n) is 23.8. The van der Waals surface area contributed by atoms with Crippen LogP contribution in [-0.2, 0) is 33.8 Å². The van der Waals surface area contributed by atoms with Crippen molar-refractivity contribution in [2.75, 3.05) is 31.7 Å². The first-order valence-corrected chi connectivity index (χ1v) is 14.9. The molecule has 0 aromatic heterocycles. The minimum Gasteiger partial charge on any atom is -0.343 e. The molecule has 0 bridgehead atoms. The van der Waals surface area contributed by atoms with Crippen LogP contribution in [0, 0.1) is 0 Å². The molecule has 3 aromatic carbocycles. The Labute approximate surface area is 251 Å². The zero-order chi connectivity index (χ0) is 29.3.